The van der Waals surface area contributed by atoms with Crippen molar-refractivity contribution in [1.82, 2.24) is 14.8 Å². The van der Waals surface area contributed by atoms with E-state index in [0.717, 1.165) is 5.56 Å². The highest BCUT2D eigenvalue weighted by molar-refractivity contribution is 5.89. The molecule has 0 spiro atoms. The van der Waals surface area contributed by atoms with E-state index in [1.165, 1.54) is 4.68 Å². The van der Waals surface area contributed by atoms with E-state index in [4.69, 9.17) is 0 Å². The van der Waals surface area contributed by atoms with Crippen LogP contribution in [0.4, 0.5) is 11.5 Å². The van der Waals surface area contributed by atoms with Gasteiger partial charge in [-0.2, -0.15) is 5.10 Å². The summed E-state index contributed by atoms with van der Waals surface area (Å²) in [5, 5.41) is 17.7. The van der Waals surface area contributed by atoms with E-state index in [1.807, 2.05) is 13.0 Å². The summed E-state index contributed by atoms with van der Waals surface area (Å²) in [5.41, 5.74) is 1.81. The minimum Gasteiger partial charge on any atom is -0.311 e. The van der Waals surface area contributed by atoms with Crippen LogP contribution in [0.3, 0.4) is 0 Å². The van der Waals surface area contributed by atoms with Gasteiger partial charge in [-0.1, -0.05) is 6.07 Å². The molecule has 0 atom stereocenters. The van der Waals surface area contributed by atoms with Gasteiger partial charge < -0.3 is 5.32 Å². The molecule has 0 aromatic carbocycles. The number of pyridine rings is 1. The molecular formula is C14H17N5O3. The van der Waals surface area contributed by atoms with Crippen LogP contribution in [0, 0.1) is 30.9 Å². The second-order valence-corrected chi connectivity index (χ2v) is 5.02. The Labute approximate surface area is 127 Å². The highest BCUT2D eigenvalue weighted by Crippen LogP contribution is 2.21. The lowest BCUT2D eigenvalue weighted by Gasteiger charge is -2.05. The predicted molar refractivity (Wildman–Crippen MR) is 80.6 cm³/mol. The smallest absolute Gasteiger partial charge is 0.311 e. The molecule has 8 heteroatoms. The van der Waals surface area contributed by atoms with Gasteiger partial charge in [0, 0.05) is 12.6 Å². The fraction of sp³-hybridized carbons (Fsp3) is 0.357. The van der Waals surface area contributed by atoms with E-state index < -0.39 is 4.92 Å². The van der Waals surface area contributed by atoms with E-state index in [1.54, 1.807) is 26.1 Å². The number of carbonyl (C=O) groups excluding carboxylic acids is 1. The summed E-state index contributed by atoms with van der Waals surface area (Å²) in [5.74, 6) is 0.265. The van der Waals surface area contributed by atoms with Gasteiger partial charge in [0.25, 0.3) is 0 Å². The Kier molecular flexibility index (Phi) is 4.50. The van der Waals surface area contributed by atoms with E-state index in [0.29, 0.717) is 17.2 Å². The molecule has 0 aliphatic heterocycles. The number of nitrogens with one attached hydrogen (secondary N) is 1. The van der Waals surface area contributed by atoms with Crippen LogP contribution in [0.2, 0.25) is 0 Å². The molecule has 2 heterocycles. The molecule has 0 saturated carbocycles. The molecular weight excluding hydrogens is 286 g/mol. The van der Waals surface area contributed by atoms with Gasteiger partial charge >= 0.3 is 5.69 Å². The van der Waals surface area contributed by atoms with Gasteiger partial charge in [-0.3, -0.25) is 19.6 Å². The maximum absolute atomic E-state index is 11.9. The Balaban J connectivity index is 1.98. The molecule has 1 N–H and O–H groups in total. The van der Waals surface area contributed by atoms with Crippen LogP contribution >= 0.6 is 0 Å². The van der Waals surface area contributed by atoms with Crippen LogP contribution in [0.25, 0.3) is 0 Å². The van der Waals surface area contributed by atoms with Gasteiger partial charge in [-0.05, 0) is 32.4 Å². The Morgan fingerprint density at radius 3 is 2.64 bits per heavy atom. The number of anilines is 1. The molecule has 22 heavy (non-hydrogen) atoms. The first-order valence-corrected chi connectivity index (χ1v) is 6.79. The standard InChI is InChI=1S/C14H17N5O3/c1-9-4-5-12(15-8-9)16-13(20)6-7-18-11(3)14(19(21)22)10(2)17-18/h4-5,8H,6-7H2,1-3H3,(H,15,16,20). The average Bonchev–Trinajstić information content (AvgIpc) is 2.73. The molecule has 0 fully saturated rings. The lowest BCUT2D eigenvalue weighted by atomic mass is 10.3. The summed E-state index contributed by atoms with van der Waals surface area (Å²) in [6.45, 7) is 5.39. The first-order chi connectivity index (χ1) is 10.4. The third-order valence-electron chi connectivity index (χ3n) is 3.26. The summed E-state index contributed by atoms with van der Waals surface area (Å²) in [7, 11) is 0. The fourth-order valence-electron chi connectivity index (χ4n) is 2.12. The van der Waals surface area contributed by atoms with Gasteiger partial charge in [0.05, 0.1) is 11.5 Å². The molecule has 1 amide bonds. The first kappa shape index (κ1) is 15.6. The zero-order chi connectivity index (χ0) is 16.3. The largest absolute Gasteiger partial charge is 0.312 e. The normalized spacial score (nSPS) is 10.5. The molecule has 0 saturated heterocycles. The van der Waals surface area contributed by atoms with Crippen molar-refractivity contribution in [1.29, 1.82) is 0 Å². The van der Waals surface area contributed by atoms with Crippen LogP contribution in [0.5, 0.6) is 0 Å². The third-order valence-corrected chi connectivity index (χ3v) is 3.26. The first-order valence-electron chi connectivity index (χ1n) is 6.79. The third kappa shape index (κ3) is 3.46. The lowest BCUT2D eigenvalue weighted by molar-refractivity contribution is -0.386. The summed E-state index contributed by atoms with van der Waals surface area (Å²) in [4.78, 5) is 26.4. The predicted octanol–water partition coefficient (Wildman–Crippen LogP) is 2.14. The van der Waals surface area contributed by atoms with Crippen molar-refractivity contribution in [2.24, 2.45) is 0 Å². The second-order valence-electron chi connectivity index (χ2n) is 5.02. The molecule has 116 valence electrons. The molecule has 8 nitrogen and oxygen atoms in total. The number of nitrogens with zero attached hydrogens (tertiary/aromatic N) is 4. The summed E-state index contributed by atoms with van der Waals surface area (Å²) in [6, 6.07) is 3.58. The number of aryl methyl sites for hydroxylation is 3. The van der Waals surface area contributed by atoms with E-state index in [2.05, 4.69) is 15.4 Å². The number of amides is 1. The lowest BCUT2D eigenvalue weighted by Crippen LogP contribution is -2.16. The zero-order valence-corrected chi connectivity index (χ0v) is 12.7. The minimum absolute atomic E-state index is 0.000564. The fourth-order valence-corrected chi connectivity index (χ4v) is 2.12. The number of hydrogen-bond donors (Lipinski definition) is 1. The number of nitro groups is 1. The Bertz CT molecular complexity index is 706. The Morgan fingerprint density at radius 2 is 2.09 bits per heavy atom. The molecule has 2 aromatic rings. The number of hydrogen-bond acceptors (Lipinski definition) is 5. The van der Waals surface area contributed by atoms with Crippen LogP contribution in [-0.2, 0) is 11.3 Å². The highest BCUT2D eigenvalue weighted by atomic mass is 16.6. The van der Waals surface area contributed by atoms with Crippen LogP contribution in [0.1, 0.15) is 23.4 Å². The minimum atomic E-state index is -0.454. The molecule has 0 aliphatic carbocycles. The van der Waals surface area contributed by atoms with Crippen LogP contribution in [0.15, 0.2) is 18.3 Å². The van der Waals surface area contributed by atoms with Crippen molar-refractivity contribution in [3.8, 4) is 0 Å². The Morgan fingerprint density at radius 1 is 1.36 bits per heavy atom. The van der Waals surface area contributed by atoms with Crippen LogP contribution in [-0.4, -0.2) is 25.6 Å². The van der Waals surface area contributed by atoms with E-state index in [9.17, 15) is 14.9 Å². The molecule has 0 unspecified atom stereocenters. The number of aromatic nitrogens is 3. The second kappa shape index (κ2) is 6.33. The molecule has 0 bridgehead atoms. The summed E-state index contributed by atoms with van der Waals surface area (Å²) >= 11 is 0. The number of carbonyl (C=O) groups is 1. The van der Waals surface area contributed by atoms with Crippen molar-refractivity contribution in [3.63, 3.8) is 0 Å². The van der Waals surface area contributed by atoms with Gasteiger partial charge in [-0.25, -0.2) is 4.98 Å². The maximum Gasteiger partial charge on any atom is 0.312 e. The summed E-state index contributed by atoms with van der Waals surface area (Å²) in [6.07, 6.45) is 1.83. The molecule has 2 rings (SSSR count). The van der Waals surface area contributed by atoms with Crippen molar-refractivity contribution >= 4 is 17.4 Å². The van der Waals surface area contributed by atoms with Gasteiger partial charge in [0.1, 0.15) is 17.2 Å². The maximum atomic E-state index is 11.9. The van der Waals surface area contributed by atoms with E-state index in [-0.39, 0.29) is 24.6 Å². The summed E-state index contributed by atoms with van der Waals surface area (Å²) < 4.78 is 1.48. The molecule has 0 aliphatic rings. The Hall–Kier alpha value is -2.77. The topological polar surface area (TPSA) is 103 Å². The van der Waals surface area contributed by atoms with Gasteiger partial charge in [0.15, 0.2) is 0 Å². The van der Waals surface area contributed by atoms with Crippen molar-refractivity contribution in [2.45, 2.75) is 33.7 Å². The van der Waals surface area contributed by atoms with Crippen LogP contribution < -0.4 is 5.32 Å². The quantitative estimate of drug-likeness (QED) is 0.673. The zero-order valence-electron chi connectivity index (χ0n) is 12.7. The van der Waals surface area contributed by atoms with Crippen molar-refractivity contribution in [3.05, 3.63) is 45.4 Å². The average molecular weight is 303 g/mol. The van der Waals surface area contributed by atoms with Gasteiger partial charge in [0.2, 0.25) is 5.91 Å². The van der Waals surface area contributed by atoms with E-state index >= 15 is 0 Å². The van der Waals surface area contributed by atoms with Crippen molar-refractivity contribution < 1.29 is 9.72 Å². The SMILES string of the molecule is Cc1ccc(NC(=O)CCn2nc(C)c([N+](=O)[O-])c2C)nc1. The van der Waals surface area contributed by atoms with Gasteiger partial charge in [-0.15, -0.1) is 0 Å². The highest BCUT2D eigenvalue weighted by Gasteiger charge is 2.21. The number of rotatable bonds is 5. The molecule has 0 radical (unpaired) electrons. The molecule has 2 aromatic heterocycles. The monoisotopic (exact) mass is 303 g/mol. The van der Waals surface area contributed by atoms with Crippen molar-refractivity contribution in [2.75, 3.05) is 5.32 Å².